The molecule has 4 rings (SSSR count). The molecule has 2 aromatic heterocycles. The predicted molar refractivity (Wildman–Crippen MR) is 78.3 cm³/mol. The molecule has 1 fully saturated rings. The lowest BCUT2D eigenvalue weighted by atomic mass is 9.94. The normalized spacial score (nSPS) is 15.9. The van der Waals surface area contributed by atoms with E-state index >= 15 is 0 Å². The summed E-state index contributed by atoms with van der Waals surface area (Å²) < 4.78 is 44.6. The van der Waals surface area contributed by atoms with E-state index < -0.39 is 17.7 Å². The number of alkyl halides is 2. The van der Waals surface area contributed by atoms with Gasteiger partial charge in [0.15, 0.2) is 11.5 Å². The molecular formula is C15H10ClF3N4O. The van der Waals surface area contributed by atoms with Crippen molar-refractivity contribution in [1.29, 1.82) is 0 Å². The molecule has 0 unspecified atom stereocenters. The summed E-state index contributed by atoms with van der Waals surface area (Å²) in [4.78, 5) is 4.22. The first-order valence-corrected chi connectivity index (χ1v) is 7.51. The number of nitrogens with one attached hydrogen (secondary N) is 1. The lowest BCUT2D eigenvalue weighted by Gasteiger charge is -2.13. The van der Waals surface area contributed by atoms with Crippen LogP contribution in [0.5, 0.6) is 0 Å². The first-order chi connectivity index (χ1) is 11.5. The van der Waals surface area contributed by atoms with Crippen molar-refractivity contribution in [1.82, 2.24) is 20.3 Å². The van der Waals surface area contributed by atoms with Crippen LogP contribution in [0.1, 0.15) is 36.3 Å². The monoisotopic (exact) mass is 354 g/mol. The average molecular weight is 355 g/mol. The number of halogens is 4. The highest BCUT2D eigenvalue weighted by molar-refractivity contribution is 6.31. The largest absolute Gasteiger partial charge is 0.332 e. The Bertz CT molecular complexity index is 884. The zero-order valence-corrected chi connectivity index (χ0v) is 12.8. The Labute approximate surface area is 138 Å². The lowest BCUT2D eigenvalue weighted by Crippen LogP contribution is -2.13. The third-order valence-corrected chi connectivity index (χ3v) is 4.41. The van der Waals surface area contributed by atoms with Crippen molar-refractivity contribution in [2.45, 2.75) is 24.7 Å². The van der Waals surface area contributed by atoms with Gasteiger partial charge in [0.05, 0.1) is 5.41 Å². The number of nitrogens with zero attached hydrogens (tertiary/aromatic N) is 3. The van der Waals surface area contributed by atoms with E-state index in [1.54, 1.807) is 6.07 Å². The highest BCUT2D eigenvalue weighted by Gasteiger charge is 2.52. The summed E-state index contributed by atoms with van der Waals surface area (Å²) in [6, 6.07) is 5.58. The minimum Gasteiger partial charge on any atom is -0.332 e. The van der Waals surface area contributed by atoms with Crippen LogP contribution in [-0.4, -0.2) is 20.3 Å². The fourth-order valence-electron chi connectivity index (χ4n) is 2.75. The number of H-pyrrole nitrogens is 1. The van der Waals surface area contributed by atoms with E-state index in [-0.39, 0.29) is 23.1 Å². The third-order valence-electron chi connectivity index (χ3n) is 4.10. The zero-order valence-electron chi connectivity index (χ0n) is 12.1. The van der Waals surface area contributed by atoms with Crippen molar-refractivity contribution in [3.63, 3.8) is 0 Å². The Morgan fingerprint density at radius 3 is 2.71 bits per heavy atom. The smallest absolute Gasteiger partial charge is 0.279 e. The van der Waals surface area contributed by atoms with Crippen LogP contribution in [0.25, 0.3) is 11.6 Å². The summed E-state index contributed by atoms with van der Waals surface area (Å²) in [6.45, 7) is 0. The Kier molecular flexibility index (Phi) is 3.38. The van der Waals surface area contributed by atoms with Gasteiger partial charge in [0, 0.05) is 10.6 Å². The molecule has 1 N–H and O–H groups in total. The van der Waals surface area contributed by atoms with E-state index in [0.717, 1.165) is 6.07 Å². The minimum atomic E-state index is -2.68. The summed E-state index contributed by atoms with van der Waals surface area (Å²) in [7, 11) is 0. The highest BCUT2D eigenvalue weighted by Crippen LogP contribution is 2.55. The maximum atomic E-state index is 14.2. The zero-order chi connectivity index (χ0) is 16.9. The third kappa shape index (κ3) is 2.29. The summed E-state index contributed by atoms with van der Waals surface area (Å²) >= 11 is 6.14. The van der Waals surface area contributed by atoms with Crippen molar-refractivity contribution < 1.29 is 17.7 Å². The van der Waals surface area contributed by atoms with Gasteiger partial charge >= 0.3 is 0 Å². The van der Waals surface area contributed by atoms with Crippen LogP contribution in [0.15, 0.2) is 28.8 Å². The molecule has 0 spiro atoms. The van der Waals surface area contributed by atoms with Crippen LogP contribution in [0.2, 0.25) is 5.02 Å². The number of aromatic nitrogens is 4. The number of aromatic amines is 1. The molecule has 0 radical (unpaired) electrons. The quantitative estimate of drug-likeness (QED) is 0.759. The summed E-state index contributed by atoms with van der Waals surface area (Å²) in [5.41, 5.74) is -0.650. The van der Waals surface area contributed by atoms with Crippen LogP contribution < -0.4 is 0 Å². The molecule has 2 heterocycles. The van der Waals surface area contributed by atoms with Gasteiger partial charge in [-0.2, -0.15) is 10.1 Å². The van der Waals surface area contributed by atoms with Gasteiger partial charge in [0.2, 0.25) is 0 Å². The van der Waals surface area contributed by atoms with Gasteiger partial charge in [-0.3, -0.25) is 5.10 Å². The van der Waals surface area contributed by atoms with Gasteiger partial charge in [0.1, 0.15) is 11.5 Å². The summed E-state index contributed by atoms with van der Waals surface area (Å²) in [5.74, 6) is -0.177. The second kappa shape index (κ2) is 5.34. The Morgan fingerprint density at radius 2 is 2.08 bits per heavy atom. The molecule has 0 amide bonds. The van der Waals surface area contributed by atoms with Crippen LogP contribution in [0.4, 0.5) is 13.2 Å². The van der Waals surface area contributed by atoms with E-state index in [4.69, 9.17) is 16.1 Å². The predicted octanol–water partition coefficient (Wildman–Crippen LogP) is 4.27. The Morgan fingerprint density at radius 1 is 1.29 bits per heavy atom. The lowest BCUT2D eigenvalue weighted by molar-refractivity contribution is 0.146. The maximum absolute atomic E-state index is 14.2. The minimum absolute atomic E-state index is 0.00751. The number of benzene rings is 1. The summed E-state index contributed by atoms with van der Waals surface area (Å²) in [6.07, 6.45) is -1.44. The van der Waals surface area contributed by atoms with Gasteiger partial charge < -0.3 is 4.52 Å². The van der Waals surface area contributed by atoms with E-state index in [1.165, 1.54) is 12.1 Å². The second-order valence-electron chi connectivity index (χ2n) is 5.61. The highest BCUT2D eigenvalue weighted by atomic mass is 35.5. The van der Waals surface area contributed by atoms with Gasteiger partial charge in [0.25, 0.3) is 12.3 Å². The molecule has 0 bridgehead atoms. The van der Waals surface area contributed by atoms with E-state index in [0.29, 0.717) is 23.4 Å². The van der Waals surface area contributed by atoms with Crippen LogP contribution in [0, 0.1) is 5.82 Å². The first kappa shape index (κ1) is 15.2. The molecule has 1 aliphatic rings. The molecule has 0 aliphatic heterocycles. The van der Waals surface area contributed by atoms with Crippen LogP contribution >= 0.6 is 11.6 Å². The maximum Gasteiger partial charge on any atom is 0.279 e. The second-order valence-corrected chi connectivity index (χ2v) is 6.02. The fourth-order valence-corrected chi connectivity index (χ4v) is 3.09. The Hall–Kier alpha value is -2.35. The fraction of sp³-hybridized carbons (Fsp3) is 0.267. The standard InChI is InChI=1S/C15H10ClF3N4O/c16-7-2-1-3-8(17)11(7)15(4-5-15)14-20-13(24-23-14)10-6-9(12(18)19)21-22-10/h1-3,6,12H,4-5H2,(H,21,22). The first-order valence-electron chi connectivity index (χ1n) is 7.14. The number of hydrogen-bond acceptors (Lipinski definition) is 4. The van der Waals surface area contributed by atoms with E-state index in [1.807, 2.05) is 0 Å². The van der Waals surface area contributed by atoms with E-state index in [9.17, 15) is 13.2 Å². The molecular weight excluding hydrogens is 345 g/mol. The summed E-state index contributed by atoms with van der Waals surface area (Å²) in [5, 5.41) is 10.1. The molecule has 0 atom stereocenters. The van der Waals surface area contributed by atoms with Crippen LogP contribution in [-0.2, 0) is 5.41 Å². The topological polar surface area (TPSA) is 67.6 Å². The van der Waals surface area contributed by atoms with Gasteiger partial charge in [-0.1, -0.05) is 22.8 Å². The molecule has 0 saturated heterocycles. The van der Waals surface area contributed by atoms with Gasteiger partial charge in [-0.25, -0.2) is 13.2 Å². The van der Waals surface area contributed by atoms with Gasteiger partial charge in [-0.05, 0) is 31.0 Å². The molecule has 5 nitrogen and oxygen atoms in total. The molecule has 124 valence electrons. The molecule has 1 aromatic carbocycles. The Balaban J connectivity index is 1.72. The van der Waals surface area contributed by atoms with Crippen molar-refractivity contribution in [3.8, 4) is 11.6 Å². The van der Waals surface area contributed by atoms with Crippen molar-refractivity contribution in [3.05, 3.63) is 52.2 Å². The number of hydrogen-bond donors (Lipinski definition) is 1. The van der Waals surface area contributed by atoms with Crippen molar-refractivity contribution in [2.75, 3.05) is 0 Å². The van der Waals surface area contributed by atoms with Gasteiger partial charge in [-0.15, -0.1) is 0 Å². The average Bonchev–Trinajstić information content (AvgIpc) is 3.01. The van der Waals surface area contributed by atoms with Crippen LogP contribution in [0.3, 0.4) is 0 Å². The SMILES string of the molecule is Fc1cccc(Cl)c1C1(c2noc(-c3cc(C(F)F)[nH]n3)n2)CC1. The molecule has 9 heteroatoms. The van der Waals surface area contributed by atoms with Crippen molar-refractivity contribution >= 4 is 11.6 Å². The van der Waals surface area contributed by atoms with Crippen molar-refractivity contribution in [2.24, 2.45) is 0 Å². The molecule has 1 aliphatic carbocycles. The molecule has 1 saturated carbocycles. The molecule has 3 aromatic rings. The molecule has 24 heavy (non-hydrogen) atoms. The number of rotatable bonds is 4. The van der Waals surface area contributed by atoms with E-state index in [2.05, 4.69) is 20.3 Å².